The first-order valence-corrected chi connectivity index (χ1v) is 9.66. The second-order valence-electron chi connectivity index (χ2n) is 8.56. The second-order valence-corrected chi connectivity index (χ2v) is 8.56. The summed E-state index contributed by atoms with van der Waals surface area (Å²) >= 11 is 0. The van der Waals surface area contributed by atoms with Crippen molar-refractivity contribution in [2.75, 3.05) is 0 Å². The molecule has 0 radical (unpaired) electrons. The van der Waals surface area contributed by atoms with E-state index in [9.17, 15) is 0 Å². The zero-order chi connectivity index (χ0) is 15.6. The quantitative estimate of drug-likeness (QED) is 0.590. The Balaban J connectivity index is 1.88. The zero-order valence-corrected chi connectivity index (χ0v) is 14.9. The van der Waals surface area contributed by atoms with Gasteiger partial charge in [-0.15, -0.1) is 0 Å². The molecule has 2 aliphatic rings. The molecule has 2 aliphatic carbocycles. The molecule has 3 rings (SSSR count). The van der Waals surface area contributed by atoms with Gasteiger partial charge in [0.25, 0.3) is 0 Å². The van der Waals surface area contributed by atoms with Crippen molar-refractivity contribution in [2.45, 2.75) is 77.6 Å². The molecule has 0 unspecified atom stereocenters. The van der Waals surface area contributed by atoms with Crippen molar-refractivity contribution < 1.29 is 0 Å². The van der Waals surface area contributed by atoms with E-state index in [1.165, 1.54) is 51.4 Å². The first-order valence-electron chi connectivity index (χ1n) is 9.66. The van der Waals surface area contributed by atoms with Crippen LogP contribution in [0.4, 0.5) is 0 Å². The molecule has 0 saturated heterocycles. The van der Waals surface area contributed by atoms with Crippen LogP contribution in [0, 0.1) is 23.7 Å². The third-order valence-electron chi connectivity index (χ3n) is 7.12. The molecule has 2 saturated carbocycles. The smallest absolute Gasteiger partial charge is 0.00188 e. The van der Waals surface area contributed by atoms with Crippen LogP contribution in [0.3, 0.4) is 0 Å². The van der Waals surface area contributed by atoms with Crippen molar-refractivity contribution in [3.63, 3.8) is 0 Å². The number of benzene rings is 1. The minimum atomic E-state index is 0.404. The molecule has 22 heavy (non-hydrogen) atoms. The van der Waals surface area contributed by atoms with Gasteiger partial charge in [0.2, 0.25) is 0 Å². The third-order valence-corrected chi connectivity index (χ3v) is 7.12. The highest BCUT2D eigenvalue weighted by Gasteiger charge is 2.44. The topological polar surface area (TPSA) is 0 Å². The highest BCUT2D eigenvalue weighted by atomic mass is 14.5. The van der Waals surface area contributed by atoms with Crippen LogP contribution in [-0.4, -0.2) is 0 Å². The molecular formula is C22H34. The fourth-order valence-electron chi connectivity index (χ4n) is 5.32. The predicted octanol–water partition coefficient (Wildman–Crippen LogP) is 6.60. The molecule has 1 aromatic rings. The third kappa shape index (κ3) is 3.12. The lowest BCUT2D eigenvalue weighted by Gasteiger charge is -2.49. The van der Waals surface area contributed by atoms with Crippen molar-refractivity contribution in [1.82, 2.24) is 0 Å². The molecule has 0 aromatic heterocycles. The highest BCUT2D eigenvalue weighted by Crippen LogP contribution is 2.51. The molecule has 0 nitrogen and oxygen atoms in total. The van der Waals surface area contributed by atoms with Crippen LogP contribution in [0.1, 0.15) is 77.7 Å². The molecule has 0 aliphatic heterocycles. The van der Waals surface area contributed by atoms with Gasteiger partial charge in [-0.1, -0.05) is 76.8 Å². The number of hydrogen-bond acceptors (Lipinski definition) is 0. The Morgan fingerprint density at radius 3 is 1.50 bits per heavy atom. The van der Waals surface area contributed by atoms with Gasteiger partial charge in [-0.25, -0.2) is 0 Å². The van der Waals surface area contributed by atoms with Gasteiger partial charge >= 0.3 is 0 Å². The predicted molar refractivity (Wildman–Crippen MR) is 96.0 cm³/mol. The first-order chi connectivity index (χ1) is 10.6. The largest absolute Gasteiger partial charge is 0.0625 e. The van der Waals surface area contributed by atoms with Crippen LogP contribution in [0.5, 0.6) is 0 Å². The summed E-state index contributed by atoms with van der Waals surface area (Å²) in [5.41, 5.74) is 2.02. The van der Waals surface area contributed by atoms with Crippen molar-refractivity contribution in [1.29, 1.82) is 0 Å². The lowest BCUT2D eigenvalue weighted by Crippen LogP contribution is -2.42. The molecule has 0 N–H and O–H groups in total. The molecule has 0 atom stereocenters. The maximum absolute atomic E-state index is 2.61. The molecule has 0 amide bonds. The van der Waals surface area contributed by atoms with Crippen LogP contribution in [-0.2, 0) is 5.41 Å². The Morgan fingerprint density at radius 2 is 1.09 bits per heavy atom. The molecule has 2 fully saturated rings. The van der Waals surface area contributed by atoms with E-state index in [-0.39, 0.29) is 0 Å². The molecule has 0 heterocycles. The van der Waals surface area contributed by atoms with Crippen LogP contribution in [0.2, 0.25) is 0 Å². The summed E-state index contributed by atoms with van der Waals surface area (Å²) in [6.07, 6.45) is 11.5. The summed E-state index contributed by atoms with van der Waals surface area (Å²) in [4.78, 5) is 0. The van der Waals surface area contributed by atoms with Gasteiger partial charge in [0.05, 0.1) is 0 Å². The monoisotopic (exact) mass is 298 g/mol. The summed E-state index contributed by atoms with van der Waals surface area (Å²) in [7, 11) is 0. The minimum Gasteiger partial charge on any atom is -0.0625 e. The molecular weight excluding hydrogens is 264 g/mol. The maximum Gasteiger partial charge on any atom is -0.00188 e. The van der Waals surface area contributed by atoms with Gasteiger partial charge in [-0.2, -0.15) is 0 Å². The fourth-order valence-corrected chi connectivity index (χ4v) is 5.32. The summed E-state index contributed by atoms with van der Waals surface area (Å²) in [5, 5.41) is 0. The highest BCUT2D eigenvalue weighted by molar-refractivity contribution is 5.27. The van der Waals surface area contributed by atoms with Gasteiger partial charge in [0.1, 0.15) is 0 Å². The number of hydrogen-bond donors (Lipinski definition) is 0. The molecule has 1 aromatic carbocycles. The first kappa shape index (κ1) is 16.1. The van der Waals surface area contributed by atoms with E-state index in [4.69, 9.17) is 0 Å². The average Bonchev–Trinajstić information content (AvgIpc) is 2.56. The van der Waals surface area contributed by atoms with Crippen molar-refractivity contribution in [3.8, 4) is 0 Å². The Hall–Kier alpha value is -0.780. The molecule has 122 valence electrons. The normalized spacial score (nSPS) is 35.8. The fraction of sp³-hybridized carbons (Fsp3) is 0.727. The lowest BCUT2D eigenvalue weighted by atomic mass is 9.56. The Labute approximate surface area is 137 Å². The van der Waals surface area contributed by atoms with E-state index in [2.05, 4.69) is 51.1 Å². The molecule has 0 heteroatoms. The minimum absolute atomic E-state index is 0.404. The summed E-state index contributed by atoms with van der Waals surface area (Å²) in [5.74, 6) is 3.68. The van der Waals surface area contributed by atoms with E-state index in [1.807, 2.05) is 0 Å². The Bertz CT molecular complexity index is 422. The van der Waals surface area contributed by atoms with E-state index < -0.39 is 0 Å². The average molecular weight is 299 g/mol. The summed E-state index contributed by atoms with van der Waals surface area (Å²) < 4.78 is 0. The van der Waals surface area contributed by atoms with Crippen LogP contribution < -0.4 is 0 Å². The van der Waals surface area contributed by atoms with Gasteiger partial charge in [0.15, 0.2) is 0 Å². The summed E-state index contributed by atoms with van der Waals surface area (Å²) in [6.45, 7) is 7.50. The van der Waals surface area contributed by atoms with E-state index >= 15 is 0 Å². The van der Waals surface area contributed by atoms with Crippen molar-refractivity contribution in [2.24, 2.45) is 23.7 Å². The van der Waals surface area contributed by atoms with Crippen LogP contribution >= 0.6 is 0 Å². The van der Waals surface area contributed by atoms with Gasteiger partial charge < -0.3 is 0 Å². The molecule has 0 spiro atoms. The van der Waals surface area contributed by atoms with Crippen LogP contribution in [0.25, 0.3) is 0 Å². The van der Waals surface area contributed by atoms with Gasteiger partial charge in [-0.05, 0) is 60.3 Å². The lowest BCUT2D eigenvalue weighted by molar-refractivity contribution is 0.0929. The SMILES string of the molecule is CC1CCC(C(C)(c2ccccc2)C2CCC(C)CC2)CC1. The number of rotatable bonds is 3. The Morgan fingerprint density at radius 1 is 0.682 bits per heavy atom. The van der Waals surface area contributed by atoms with Crippen molar-refractivity contribution >= 4 is 0 Å². The second kappa shape index (κ2) is 6.77. The van der Waals surface area contributed by atoms with Gasteiger partial charge in [0, 0.05) is 0 Å². The van der Waals surface area contributed by atoms with Gasteiger partial charge in [-0.3, -0.25) is 0 Å². The Kier molecular flexibility index (Phi) is 4.95. The molecule has 0 bridgehead atoms. The maximum atomic E-state index is 2.61. The van der Waals surface area contributed by atoms with E-state index in [0.29, 0.717) is 5.41 Å². The van der Waals surface area contributed by atoms with Crippen molar-refractivity contribution in [3.05, 3.63) is 35.9 Å². The standard InChI is InChI=1S/C22H34/c1-17-9-13-20(14-10-17)22(3,19-7-5-4-6-8-19)21-15-11-18(2)12-16-21/h4-8,17-18,20-21H,9-16H2,1-3H3. The van der Waals surface area contributed by atoms with E-state index in [0.717, 1.165) is 23.7 Å². The van der Waals surface area contributed by atoms with Crippen LogP contribution in [0.15, 0.2) is 30.3 Å². The summed E-state index contributed by atoms with van der Waals surface area (Å²) in [6, 6.07) is 11.5. The van der Waals surface area contributed by atoms with E-state index in [1.54, 1.807) is 5.56 Å². The zero-order valence-electron chi connectivity index (χ0n) is 14.9.